The summed E-state index contributed by atoms with van der Waals surface area (Å²) in [5, 5.41) is 3.16. The van der Waals surface area contributed by atoms with Gasteiger partial charge in [-0.05, 0) is 79.6 Å². The lowest BCUT2D eigenvalue weighted by atomic mass is 9.49. The molecule has 36 heavy (non-hydrogen) atoms. The zero-order chi connectivity index (χ0) is 25.5. The van der Waals surface area contributed by atoms with Crippen molar-refractivity contribution < 1.29 is 19.1 Å². The smallest absolute Gasteiger partial charge is 0.325 e. The van der Waals surface area contributed by atoms with E-state index in [1.54, 1.807) is 19.8 Å². The molecular formula is C29H41N3O4. The van der Waals surface area contributed by atoms with Crippen LogP contribution >= 0.6 is 0 Å². The zero-order valence-electron chi connectivity index (χ0n) is 22.2. The number of ether oxygens (including phenoxy) is 2. The van der Waals surface area contributed by atoms with Crippen LogP contribution in [0.5, 0.6) is 5.75 Å². The van der Waals surface area contributed by atoms with Crippen LogP contribution in [-0.2, 0) is 16.0 Å². The number of methoxy groups -OCH3 is 2. The number of fused-ring (bicyclic) bond motifs is 1. The summed E-state index contributed by atoms with van der Waals surface area (Å²) in [6, 6.07) is 7.52. The van der Waals surface area contributed by atoms with Crippen LogP contribution in [-0.4, -0.2) is 74.3 Å². The largest absolute Gasteiger partial charge is 0.497 e. The maximum absolute atomic E-state index is 13.9. The number of carbonyl (C=O) groups excluding carboxylic acids is 2. The summed E-state index contributed by atoms with van der Waals surface area (Å²) in [6.07, 6.45) is 7.30. The second-order valence-electron chi connectivity index (χ2n) is 11.8. The van der Waals surface area contributed by atoms with Gasteiger partial charge in [-0.3, -0.25) is 14.6 Å². The Morgan fingerprint density at radius 2 is 1.89 bits per heavy atom. The van der Waals surface area contributed by atoms with Gasteiger partial charge in [0, 0.05) is 20.1 Å². The molecule has 7 nitrogen and oxygen atoms in total. The Hall–Kier alpha value is -2.38. The molecule has 3 atom stereocenters. The Kier molecular flexibility index (Phi) is 6.90. The highest BCUT2D eigenvalue weighted by Crippen LogP contribution is 2.59. The van der Waals surface area contributed by atoms with Crippen molar-refractivity contribution in [2.45, 2.75) is 51.5 Å². The van der Waals surface area contributed by atoms with Crippen LogP contribution in [0.2, 0.25) is 0 Å². The van der Waals surface area contributed by atoms with Crippen LogP contribution in [0.4, 0.5) is 4.79 Å². The molecule has 2 bridgehead atoms. The van der Waals surface area contributed by atoms with Crippen molar-refractivity contribution in [3.05, 3.63) is 41.5 Å². The first-order valence-electron chi connectivity index (χ1n) is 13.5. The summed E-state index contributed by atoms with van der Waals surface area (Å²) in [5.74, 6) is 2.29. The van der Waals surface area contributed by atoms with Gasteiger partial charge in [-0.15, -0.1) is 0 Å². The molecule has 6 rings (SSSR count). The fourth-order valence-electron chi connectivity index (χ4n) is 7.17. The maximum atomic E-state index is 13.9. The lowest BCUT2D eigenvalue weighted by Gasteiger charge is -2.57. The number of likely N-dealkylation sites (tertiary alicyclic amines) is 1. The fraction of sp³-hybridized carbons (Fsp3) is 0.655. The standard InChI is InChI=1S/C29H41N3O4/c1-28(2)23-9-8-21(25(28)17-23)19-31-12-10-22(11-13-31)29(18-20-6-5-7-24(16-20)36-4)26(33)32(14-15-35-3)27(34)30-29/h5-8,16,22-23,25H,9-15,17-19H2,1-4H3,(H,30,34)/t23-,25-,29-/m0/s1. The van der Waals surface area contributed by atoms with Gasteiger partial charge in [0.15, 0.2) is 0 Å². The predicted octanol–water partition coefficient (Wildman–Crippen LogP) is 3.88. The SMILES string of the molecule is COCCN1C(=O)N[C@@](Cc2cccc(OC)c2)(C2CCN(CC3=CC[C@H]4C[C@@H]3C4(C)C)CC2)C1=O. The number of urea groups is 1. The summed E-state index contributed by atoms with van der Waals surface area (Å²) in [6.45, 7) is 8.39. The zero-order valence-corrected chi connectivity index (χ0v) is 22.2. The summed E-state index contributed by atoms with van der Waals surface area (Å²) < 4.78 is 10.6. The Bertz CT molecular complexity index is 1030. The highest BCUT2D eigenvalue weighted by Gasteiger charge is 2.56. The summed E-state index contributed by atoms with van der Waals surface area (Å²) in [7, 11) is 3.23. The van der Waals surface area contributed by atoms with E-state index in [0.29, 0.717) is 18.4 Å². The highest BCUT2D eigenvalue weighted by atomic mass is 16.5. The number of nitrogens with zero attached hydrogens (tertiary/aromatic N) is 2. The van der Waals surface area contributed by atoms with Gasteiger partial charge in [0.05, 0.1) is 20.3 Å². The summed E-state index contributed by atoms with van der Waals surface area (Å²) in [4.78, 5) is 30.7. The van der Waals surface area contributed by atoms with Crippen LogP contribution in [0.25, 0.3) is 0 Å². The number of amides is 3. The van der Waals surface area contributed by atoms with E-state index < -0.39 is 5.54 Å². The van der Waals surface area contributed by atoms with Crippen molar-refractivity contribution in [1.29, 1.82) is 0 Å². The third kappa shape index (κ3) is 4.34. The number of piperidine rings is 1. The maximum Gasteiger partial charge on any atom is 0.325 e. The van der Waals surface area contributed by atoms with E-state index in [2.05, 4.69) is 30.1 Å². The van der Waals surface area contributed by atoms with Gasteiger partial charge in [-0.1, -0.05) is 37.6 Å². The molecule has 5 aliphatic rings. The van der Waals surface area contributed by atoms with Crippen molar-refractivity contribution >= 4 is 11.9 Å². The van der Waals surface area contributed by atoms with E-state index in [9.17, 15) is 9.59 Å². The van der Waals surface area contributed by atoms with E-state index in [-0.39, 0.29) is 24.4 Å². The minimum atomic E-state index is -0.934. The quantitative estimate of drug-likeness (QED) is 0.416. The van der Waals surface area contributed by atoms with E-state index in [1.807, 2.05) is 24.3 Å². The molecule has 196 valence electrons. The highest BCUT2D eigenvalue weighted by molar-refractivity contribution is 6.07. The van der Waals surface area contributed by atoms with Crippen LogP contribution in [0.1, 0.15) is 45.1 Å². The molecule has 2 heterocycles. The molecular weight excluding hydrogens is 454 g/mol. The topological polar surface area (TPSA) is 71.1 Å². The van der Waals surface area contributed by atoms with Crippen LogP contribution in [0.3, 0.4) is 0 Å². The number of carbonyl (C=O) groups is 2. The first-order chi connectivity index (χ1) is 17.3. The Morgan fingerprint density at radius 1 is 1.11 bits per heavy atom. The molecule has 3 amide bonds. The number of nitrogens with one attached hydrogen (secondary N) is 1. The third-order valence-corrected chi connectivity index (χ3v) is 9.61. The van der Waals surface area contributed by atoms with Crippen LogP contribution in [0.15, 0.2) is 35.9 Å². The van der Waals surface area contributed by atoms with Crippen LogP contribution in [0, 0.1) is 23.2 Å². The molecule has 0 aromatic heterocycles. The fourth-order valence-corrected chi connectivity index (χ4v) is 7.17. The molecule has 7 heteroatoms. The average molecular weight is 496 g/mol. The van der Waals surface area contributed by atoms with Crippen LogP contribution < -0.4 is 10.1 Å². The first kappa shape index (κ1) is 25.3. The number of benzene rings is 1. The van der Waals surface area contributed by atoms with Gasteiger partial charge in [-0.2, -0.15) is 0 Å². The van der Waals surface area contributed by atoms with Crippen molar-refractivity contribution in [3.8, 4) is 5.75 Å². The molecule has 1 N–H and O–H groups in total. The van der Waals surface area contributed by atoms with Gasteiger partial charge in [-0.25, -0.2) is 4.79 Å². The average Bonchev–Trinajstić information content (AvgIpc) is 3.12. The van der Waals surface area contributed by atoms with E-state index >= 15 is 0 Å². The number of hydrogen-bond acceptors (Lipinski definition) is 5. The van der Waals surface area contributed by atoms with Gasteiger partial charge in [0.2, 0.25) is 0 Å². The lowest BCUT2D eigenvalue weighted by molar-refractivity contribution is -0.134. The summed E-state index contributed by atoms with van der Waals surface area (Å²) >= 11 is 0. The molecule has 3 fully saturated rings. The number of hydrogen-bond donors (Lipinski definition) is 1. The van der Waals surface area contributed by atoms with Crippen molar-refractivity contribution in [1.82, 2.24) is 15.1 Å². The molecule has 3 aliphatic carbocycles. The van der Waals surface area contributed by atoms with E-state index in [4.69, 9.17) is 9.47 Å². The van der Waals surface area contributed by atoms with Gasteiger partial charge in [0.1, 0.15) is 11.3 Å². The lowest BCUT2D eigenvalue weighted by Crippen LogP contribution is -2.58. The minimum Gasteiger partial charge on any atom is -0.497 e. The van der Waals surface area contributed by atoms with E-state index in [0.717, 1.165) is 55.6 Å². The number of imide groups is 1. The Labute approximate surface area is 215 Å². The molecule has 0 spiro atoms. The number of allylic oxidation sites excluding steroid dienone is 1. The van der Waals surface area contributed by atoms with Gasteiger partial charge in [0.25, 0.3) is 5.91 Å². The first-order valence-corrected chi connectivity index (χ1v) is 13.5. The molecule has 1 saturated carbocycles. The van der Waals surface area contributed by atoms with Crippen molar-refractivity contribution in [3.63, 3.8) is 0 Å². The van der Waals surface area contributed by atoms with Crippen molar-refractivity contribution in [2.75, 3.05) is 47.0 Å². The normalized spacial score (nSPS) is 30.1. The van der Waals surface area contributed by atoms with E-state index in [1.165, 1.54) is 17.7 Å². The Morgan fingerprint density at radius 3 is 2.56 bits per heavy atom. The molecule has 2 aliphatic heterocycles. The third-order valence-electron chi connectivity index (χ3n) is 9.61. The molecule has 2 saturated heterocycles. The van der Waals surface area contributed by atoms with Gasteiger partial charge < -0.3 is 14.8 Å². The molecule has 1 aromatic carbocycles. The second kappa shape index (κ2) is 9.82. The summed E-state index contributed by atoms with van der Waals surface area (Å²) in [5.41, 5.74) is 2.11. The monoisotopic (exact) mass is 495 g/mol. The molecule has 0 unspecified atom stereocenters. The number of rotatable bonds is 9. The predicted molar refractivity (Wildman–Crippen MR) is 139 cm³/mol. The van der Waals surface area contributed by atoms with Gasteiger partial charge >= 0.3 is 6.03 Å². The molecule has 1 aromatic rings. The minimum absolute atomic E-state index is 0.0776. The Balaban J connectivity index is 1.32. The molecule has 0 radical (unpaired) electrons. The second-order valence-corrected chi connectivity index (χ2v) is 11.8. The van der Waals surface area contributed by atoms with Crippen molar-refractivity contribution in [2.24, 2.45) is 23.2 Å².